The van der Waals surface area contributed by atoms with Crippen molar-refractivity contribution in [2.45, 2.75) is 20.4 Å². The molecule has 0 fully saturated rings. The molecular formula is C21H21ClN2O3S. The first-order valence-corrected chi connectivity index (χ1v) is 10.1. The van der Waals surface area contributed by atoms with Crippen molar-refractivity contribution < 1.29 is 14.3 Å². The highest BCUT2D eigenvalue weighted by molar-refractivity contribution is 7.15. The summed E-state index contributed by atoms with van der Waals surface area (Å²) < 4.78 is 10.9. The number of carbonyl (C=O) groups is 1. The predicted octanol–water partition coefficient (Wildman–Crippen LogP) is 4.87. The van der Waals surface area contributed by atoms with Crippen molar-refractivity contribution in [3.8, 4) is 22.1 Å². The van der Waals surface area contributed by atoms with Gasteiger partial charge in [-0.15, -0.1) is 11.3 Å². The average molecular weight is 417 g/mol. The maximum atomic E-state index is 12.1. The van der Waals surface area contributed by atoms with Gasteiger partial charge in [0.05, 0.1) is 23.9 Å². The summed E-state index contributed by atoms with van der Waals surface area (Å²) in [6.45, 7) is 4.81. The SMILES string of the molecule is CCOc1ccc(OCC(=O)NCc2sc(-c3ccccc3Cl)nc2C)cc1. The number of benzene rings is 2. The van der Waals surface area contributed by atoms with Gasteiger partial charge in [-0.3, -0.25) is 4.79 Å². The van der Waals surface area contributed by atoms with E-state index < -0.39 is 0 Å². The van der Waals surface area contributed by atoms with Crippen LogP contribution < -0.4 is 14.8 Å². The number of hydrogen-bond donors (Lipinski definition) is 1. The Morgan fingerprint density at radius 1 is 1.11 bits per heavy atom. The van der Waals surface area contributed by atoms with E-state index in [2.05, 4.69) is 10.3 Å². The third-order valence-corrected chi connectivity index (χ3v) is 5.47. The summed E-state index contributed by atoms with van der Waals surface area (Å²) in [6.07, 6.45) is 0. The number of ether oxygens (including phenoxy) is 2. The molecule has 146 valence electrons. The molecule has 28 heavy (non-hydrogen) atoms. The van der Waals surface area contributed by atoms with E-state index in [0.717, 1.165) is 26.9 Å². The molecule has 0 atom stereocenters. The minimum Gasteiger partial charge on any atom is -0.494 e. The van der Waals surface area contributed by atoms with Crippen LogP contribution in [-0.2, 0) is 11.3 Å². The maximum Gasteiger partial charge on any atom is 0.258 e. The molecule has 0 saturated carbocycles. The van der Waals surface area contributed by atoms with Crippen molar-refractivity contribution in [2.75, 3.05) is 13.2 Å². The monoisotopic (exact) mass is 416 g/mol. The third-order valence-electron chi connectivity index (χ3n) is 3.95. The van der Waals surface area contributed by atoms with E-state index in [1.165, 1.54) is 11.3 Å². The normalized spacial score (nSPS) is 10.5. The number of aryl methyl sites for hydroxylation is 1. The lowest BCUT2D eigenvalue weighted by molar-refractivity contribution is -0.123. The number of rotatable bonds is 8. The van der Waals surface area contributed by atoms with Crippen LogP contribution in [0.1, 0.15) is 17.5 Å². The summed E-state index contributed by atoms with van der Waals surface area (Å²) in [5.41, 5.74) is 1.78. The fraction of sp³-hybridized carbons (Fsp3) is 0.238. The van der Waals surface area contributed by atoms with Gasteiger partial charge >= 0.3 is 0 Å². The van der Waals surface area contributed by atoms with Crippen LogP contribution in [0.25, 0.3) is 10.6 Å². The predicted molar refractivity (Wildman–Crippen MR) is 112 cm³/mol. The number of nitrogens with one attached hydrogen (secondary N) is 1. The lowest BCUT2D eigenvalue weighted by Gasteiger charge is -2.08. The first-order valence-electron chi connectivity index (χ1n) is 8.90. The van der Waals surface area contributed by atoms with E-state index in [0.29, 0.717) is 23.9 Å². The van der Waals surface area contributed by atoms with Crippen molar-refractivity contribution in [1.29, 1.82) is 0 Å². The Morgan fingerprint density at radius 2 is 1.79 bits per heavy atom. The fourth-order valence-electron chi connectivity index (χ4n) is 2.52. The molecular weight excluding hydrogens is 396 g/mol. The van der Waals surface area contributed by atoms with Gasteiger partial charge in [-0.2, -0.15) is 0 Å². The van der Waals surface area contributed by atoms with Gasteiger partial charge in [-0.1, -0.05) is 29.8 Å². The van der Waals surface area contributed by atoms with Crippen LogP contribution in [0.4, 0.5) is 0 Å². The average Bonchev–Trinajstić information content (AvgIpc) is 3.07. The van der Waals surface area contributed by atoms with Crippen molar-refractivity contribution in [2.24, 2.45) is 0 Å². The number of nitrogens with zero attached hydrogens (tertiary/aromatic N) is 1. The molecule has 0 aliphatic heterocycles. The van der Waals surface area contributed by atoms with Crippen molar-refractivity contribution in [3.05, 3.63) is 64.1 Å². The molecule has 1 amide bonds. The first kappa shape index (κ1) is 20.2. The quantitative estimate of drug-likeness (QED) is 0.569. The second-order valence-electron chi connectivity index (χ2n) is 5.98. The second-order valence-corrected chi connectivity index (χ2v) is 7.47. The standard InChI is InChI=1S/C21H21ClN2O3S/c1-3-26-15-8-10-16(11-9-15)27-13-20(25)23-12-19-14(2)24-21(28-19)17-6-4-5-7-18(17)22/h4-11H,3,12-13H2,1-2H3,(H,23,25). The maximum absolute atomic E-state index is 12.1. The van der Waals surface area contributed by atoms with E-state index in [-0.39, 0.29) is 12.5 Å². The van der Waals surface area contributed by atoms with E-state index in [1.807, 2.05) is 50.2 Å². The summed E-state index contributed by atoms with van der Waals surface area (Å²) >= 11 is 7.77. The molecule has 0 radical (unpaired) electrons. The molecule has 1 aromatic heterocycles. The largest absolute Gasteiger partial charge is 0.494 e. The fourth-order valence-corrected chi connectivity index (χ4v) is 3.84. The van der Waals surface area contributed by atoms with Gasteiger partial charge in [-0.25, -0.2) is 4.98 Å². The Morgan fingerprint density at radius 3 is 2.46 bits per heavy atom. The van der Waals surface area contributed by atoms with Gasteiger partial charge < -0.3 is 14.8 Å². The summed E-state index contributed by atoms with van der Waals surface area (Å²) in [7, 11) is 0. The minimum atomic E-state index is -0.194. The van der Waals surface area contributed by atoms with Gasteiger partial charge in [-0.05, 0) is 44.2 Å². The Hall–Kier alpha value is -2.57. The molecule has 5 nitrogen and oxygen atoms in total. The minimum absolute atomic E-state index is 0.0524. The smallest absolute Gasteiger partial charge is 0.258 e. The van der Waals surface area contributed by atoms with Crippen LogP contribution in [0.3, 0.4) is 0 Å². The van der Waals surface area contributed by atoms with Crippen molar-refractivity contribution in [1.82, 2.24) is 10.3 Å². The molecule has 0 bridgehead atoms. The Bertz CT molecular complexity index is 941. The Balaban J connectivity index is 1.53. The molecule has 3 rings (SSSR count). The second kappa shape index (κ2) is 9.57. The summed E-state index contributed by atoms with van der Waals surface area (Å²) in [5, 5.41) is 4.38. The highest BCUT2D eigenvalue weighted by atomic mass is 35.5. The summed E-state index contributed by atoms with van der Waals surface area (Å²) in [4.78, 5) is 17.7. The van der Waals surface area contributed by atoms with Crippen LogP contribution in [0.15, 0.2) is 48.5 Å². The highest BCUT2D eigenvalue weighted by Gasteiger charge is 2.13. The van der Waals surface area contributed by atoms with E-state index in [9.17, 15) is 4.79 Å². The van der Waals surface area contributed by atoms with E-state index in [1.54, 1.807) is 12.1 Å². The van der Waals surface area contributed by atoms with Gasteiger partial charge in [0.15, 0.2) is 6.61 Å². The van der Waals surface area contributed by atoms with E-state index >= 15 is 0 Å². The van der Waals surface area contributed by atoms with Gasteiger partial charge in [0, 0.05) is 10.4 Å². The van der Waals surface area contributed by atoms with Crippen LogP contribution >= 0.6 is 22.9 Å². The highest BCUT2D eigenvalue weighted by Crippen LogP contribution is 2.32. The molecule has 2 aromatic carbocycles. The molecule has 0 aliphatic carbocycles. The van der Waals surface area contributed by atoms with Crippen LogP contribution in [0.2, 0.25) is 5.02 Å². The van der Waals surface area contributed by atoms with Gasteiger partial charge in [0.1, 0.15) is 16.5 Å². The Labute approximate surface area is 173 Å². The van der Waals surface area contributed by atoms with Gasteiger partial charge in [0.2, 0.25) is 0 Å². The van der Waals surface area contributed by atoms with Gasteiger partial charge in [0.25, 0.3) is 5.91 Å². The summed E-state index contributed by atoms with van der Waals surface area (Å²) in [5.74, 6) is 1.20. The van der Waals surface area contributed by atoms with Crippen molar-refractivity contribution in [3.63, 3.8) is 0 Å². The number of amides is 1. The molecule has 7 heteroatoms. The van der Waals surface area contributed by atoms with E-state index in [4.69, 9.17) is 21.1 Å². The Kier molecular flexibility index (Phi) is 6.90. The van der Waals surface area contributed by atoms with Crippen molar-refractivity contribution >= 4 is 28.8 Å². The topological polar surface area (TPSA) is 60.5 Å². The molecule has 0 unspecified atom stereocenters. The lowest BCUT2D eigenvalue weighted by Crippen LogP contribution is -2.28. The zero-order valence-electron chi connectivity index (χ0n) is 15.7. The lowest BCUT2D eigenvalue weighted by atomic mass is 10.2. The molecule has 0 saturated heterocycles. The van der Waals surface area contributed by atoms with Crippen LogP contribution in [0.5, 0.6) is 11.5 Å². The number of aromatic nitrogens is 1. The number of hydrogen-bond acceptors (Lipinski definition) is 5. The molecule has 3 aromatic rings. The number of carbonyl (C=O) groups excluding carboxylic acids is 1. The number of halogens is 1. The molecule has 1 N–H and O–H groups in total. The summed E-state index contributed by atoms with van der Waals surface area (Å²) in [6, 6.07) is 14.8. The zero-order chi connectivity index (χ0) is 19.9. The molecule has 0 aliphatic rings. The molecule has 0 spiro atoms. The first-order chi connectivity index (χ1) is 13.6. The molecule has 1 heterocycles. The van der Waals surface area contributed by atoms with Crippen LogP contribution in [0, 0.1) is 6.92 Å². The zero-order valence-corrected chi connectivity index (χ0v) is 17.3. The van der Waals surface area contributed by atoms with Crippen LogP contribution in [-0.4, -0.2) is 24.1 Å². The number of thiazole rings is 1. The third kappa shape index (κ3) is 5.24.